The van der Waals surface area contributed by atoms with E-state index in [1.54, 1.807) is 0 Å². The highest BCUT2D eigenvalue weighted by Crippen LogP contribution is 2.16. The van der Waals surface area contributed by atoms with E-state index in [2.05, 4.69) is 45.1 Å². The molecule has 0 saturated carbocycles. The molecule has 0 bridgehead atoms. The van der Waals surface area contributed by atoms with Crippen molar-refractivity contribution in [3.63, 3.8) is 0 Å². The molecule has 0 fully saturated rings. The van der Waals surface area contributed by atoms with Crippen molar-refractivity contribution < 1.29 is 4.79 Å². The zero-order chi connectivity index (χ0) is 19.8. The molecule has 3 nitrogen and oxygen atoms in total. The Morgan fingerprint density at radius 3 is 2.30 bits per heavy atom. The topological polar surface area (TPSA) is 32.3 Å². The molecule has 1 unspecified atom stereocenters. The van der Waals surface area contributed by atoms with Gasteiger partial charge in [-0.05, 0) is 56.9 Å². The summed E-state index contributed by atoms with van der Waals surface area (Å²) in [5.74, 6) is 0.0765. The summed E-state index contributed by atoms with van der Waals surface area (Å²) < 4.78 is 0. The van der Waals surface area contributed by atoms with E-state index in [0.29, 0.717) is 19.1 Å². The third kappa shape index (κ3) is 5.99. The van der Waals surface area contributed by atoms with Gasteiger partial charge >= 0.3 is 0 Å². The lowest BCUT2D eigenvalue weighted by Crippen LogP contribution is -2.34. The van der Waals surface area contributed by atoms with Crippen LogP contribution in [0.4, 0.5) is 0 Å². The van der Waals surface area contributed by atoms with Gasteiger partial charge in [-0.3, -0.25) is 4.79 Å². The van der Waals surface area contributed by atoms with Crippen LogP contribution in [0.2, 0.25) is 0 Å². The van der Waals surface area contributed by atoms with Crippen LogP contribution in [0.15, 0.2) is 65.9 Å². The average Bonchev–Trinajstić information content (AvgIpc) is 2.67. The van der Waals surface area contributed by atoms with E-state index in [0.717, 1.165) is 28.8 Å². The second-order valence-electron chi connectivity index (χ2n) is 7.32. The Bertz CT molecular complexity index is 780. The molecule has 2 aromatic carbocycles. The van der Waals surface area contributed by atoms with Gasteiger partial charge in [-0.2, -0.15) is 0 Å². The van der Waals surface area contributed by atoms with Crippen LogP contribution in [0.25, 0.3) is 0 Å². The highest BCUT2D eigenvalue weighted by molar-refractivity contribution is 5.95. The first-order valence-corrected chi connectivity index (χ1v) is 9.74. The molecule has 1 amide bonds. The Morgan fingerprint density at radius 1 is 1.04 bits per heavy atom. The van der Waals surface area contributed by atoms with E-state index in [1.165, 1.54) is 5.57 Å². The van der Waals surface area contributed by atoms with Crippen LogP contribution in [-0.4, -0.2) is 23.4 Å². The molecule has 1 N–H and O–H groups in total. The van der Waals surface area contributed by atoms with Crippen LogP contribution in [0, 0.1) is 6.92 Å². The van der Waals surface area contributed by atoms with Crippen molar-refractivity contribution in [1.82, 2.24) is 10.2 Å². The SMILES string of the molecule is CCC(C)N/C(C)=C(\C)CN(Cc1ccccc1)C(=O)c1ccccc1C. The van der Waals surface area contributed by atoms with Gasteiger partial charge in [-0.15, -0.1) is 0 Å². The predicted molar refractivity (Wildman–Crippen MR) is 114 cm³/mol. The third-order valence-electron chi connectivity index (χ3n) is 5.02. The van der Waals surface area contributed by atoms with Gasteiger partial charge in [0.25, 0.3) is 5.91 Å². The molecule has 1 atom stereocenters. The van der Waals surface area contributed by atoms with Crippen molar-refractivity contribution in [2.45, 2.75) is 53.6 Å². The first kappa shape index (κ1) is 20.8. The van der Waals surface area contributed by atoms with Gasteiger partial charge in [-0.25, -0.2) is 0 Å². The summed E-state index contributed by atoms with van der Waals surface area (Å²) in [6, 6.07) is 18.4. The van der Waals surface area contributed by atoms with E-state index < -0.39 is 0 Å². The maximum Gasteiger partial charge on any atom is 0.254 e. The van der Waals surface area contributed by atoms with Gasteiger partial charge in [0.2, 0.25) is 0 Å². The first-order chi connectivity index (χ1) is 12.9. The van der Waals surface area contributed by atoms with Gasteiger partial charge < -0.3 is 10.2 Å². The largest absolute Gasteiger partial charge is 0.386 e. The minimum absolute atomic E-state index is 0.0765. The maximum atomic E-state index is 13.3. The van der Waals surface area contributed by atoms with E-state index in [1.807, 2.05) is 54.3 Å². The van der Waals surface area contributed by atoms with Crippen molar-refractivity contribution in [3.8, 4) is 0 Å². The molecule has 0 heterocycles. The van der Waals surface area contributed by atoms with Crippen molar-refractivity contribution in [2.24, 2.45) is 0 Å². The molecule has 0 saturated heterocycles. The van der Waals surface area contributed by atoms with Gasteiger partial charge in [0.05, 0.1) is 0 Å². The average molecular weight is 365 g/mol. The monoisotopic (exact) mass is 364 g/mol. The van der Waals surface area contributed by atoms with Gasteiger partial charge in [0.1, 0.15) is 0 Å². The van der Waals surface area contributed by atoms with Crippen molar-refractivity contribution in [1.29, 1.82) is 0 Å². The van der Waals surface area contributed by atoms with Crippen LogP contribution < -0.4 is 5.32 Å². The summed E-state index contributed by atoms with van der Waals surface area (Å²) in [6.45, 7) is 11.8. The second kappa shape index (κ2) is 9.96. The summed E-state index contributed by atoms with van der Waals surface area (Å²) in [7, 11) is 0. The number of allylic oxidation sites excluding steroid dienone is 1. The van der Waals surface area contributed by atoms with Crippen molar-refractivity contribution in [3.05, 3.63) is 82.6 Å². The summed E-state index contributed by atoms with van der Waals surface area (Å²) in [4.78, 5) is 15.2. The number of hydrogen-bond donors (Lipinski definition) is 1. The zero-order valence-electron chi connectivity index (χ0n) is 17.3. The standard InChI is InChI=1S/C24H32N2O/c1-6-20(4)25-21(5)19(3)16-26(17-22-13-8-7-9-14-22)24(27)23-15-11-10-12-18(23)2/h7-15,20,25H,6,16-17H2,1-5H3/b21-19+. The molecular weight excluding hydrogens is 332 g/mol. The molecule has 3 heteroatoms. The molecule has 0 spiro atoms. The quantitative estimate of drug-likeness (QED) is 0.687. The third-order valence-corrected chi connectivity index (χ3v) is 5.02. The van der Waals surface area contributed by atoms with Crippen LogP contribution in [0.1, 0.15) is 55.6 Å². The van der Waals surface area contributed by atoms with Crippen molar-refractivity contribution >= 4 is 5.91 Å². The molecule has 2 aromatic rings. The van der Waals surface area contributed by atoms with Crippen LogP contribution in [-0.2, 0) is 6.54 Å². The van der Waals surface area contributed by atoms with Gasteiger partial charge in [0.15, 0.2) is 0 Å². The Labute approximate surface area is 164 Å². The number of aryl methyl sites for hydroxylation is 1. The lowest BCUT2D eigenvalue weighted by Gasteiger charge is -2.26. The van der Waals surface area contributed by atoms with E-state index >= 15 is 0 Å². The Balaban J connectivity index is 2.28. The highest BCUT2D eigenvalue weighted by atomic mass is 16.2. The van der Waals surface area contributed by atoms with Gasteiger partial charge in [0, 0.05) is 30.4 Å². The lowest BCUT2D eigenvalue weighted by molar-refractivity contribution is 0.0757. The Kier molecular flexibility index (Phi) is 7.66. The highest BCUT2D eigenvalue weighted by Gasteiger charge is 2.19. The number of amides is 1. The fourth-order valence-corrected chi connectivity index (χ4v) is 2.99. The molecule has 27 heavy (non-hydrogen) atoms. The molecular formula is C24H32N2O. The number of rotatable bonds is 8. The lowest BCUT2D eigenvalue weighted by atomic mass is 10.1. The molecule has 0 aliphatic carbocycles. The van der Waals surface area contributed by atoms with E-state index in [4.69, 9.17) is 0 Å². The van der Waals surface area contributed by atoms with Gasteiger partial charge in [-0.1, -0.05) is 55.5 Å². The minimum Gasteiger partial charge on any atom is -0.386 e. The number of carbonyl (C=O) groups excluding carboxylic acids is 1. The first-order valence-electron chi connectivity index (χ1n) is 9.74. The van der Waals surface area contributed by atoms with Crippen LogP contribution in [0.5, 0.6) is 0 Å². The fraction of sp³-hybridized carbons (Fsp3) is 0.375. The molecule has 2 rings (SSSR count). The molecule has 0 aliphatic heterocycles. The predicted octanol–water partition coefficient (Wildman–Crippen LogP) is 5.32. The number of hydrogen-bond acceptors (Lipinski definition) is 2. The molecule has 0 radical (unpaired) electrons. The summed E-state index contributed by atoms with van der Waals surface area (Å²) in [5.41, 5.74) is 5.26. The van der Waals surface area contributed by atoms with Crippen LogP contribution >= 0.6 is 0 Å². The fourth-order valence-electron chi connectivity index (χ4n) is 2.99. The minimum atomic E-state index is 0.0765. The molecule has 0 aromatic heterocycles. The maximum absolute atomic E-state index is 13.3. The smallest absolute Gasteiger partial charge is 0.254 e. The summed E-state index contributed by atoms with van der Waals surface area (Å²) in [5, 5.41) is 3.53. The molecule has 0 aliphatic rings. The second-order valence-corrected chi connectivity index (χ2v) is 7.32. The van der Waals surface area contributed by atoms with Crippen LogP contribution in [0.3, 0.4) is 0 Å². The molecule has 144 valence electrons. The number of benzene rings is 2. The Morgan fingerprint density at radius 2 is 1.67 bits per heavy atom. The number of nitrogens with zero attached hydrogens (tertiary/aromatic N) is 1. The normalized spacial score (nSPS) is 12.9. The Hall–Kier alpha value is -2.55. The zero-order valence-corrected chi connectivity index (χ0v) is 17.3. The summed E-state index contributed by atoms with van der Waals surface area (Å²) in [6.07, 6.45) is 1.07. The number of nitrogens with one attached hydrogen (secondary N) is 1. The van der Waals surface area contributed by atoms with E-state index in [-0.39, 0.29) is 5.91 Å². The summed E-state index contributed by atoms with van der Waals surface area (Å²) >= 11 is 0. The number of carbonyl (C=O) groups is 1. The van der Waals surface area contributed by atoms with E-state index in [9.17, 15) is 4.79 Å². The van der Waals surface area contributed by atoms with Crippen molar-refractivity contribution in [2.75, 3.05) is 6.54 Å².